The number of benzene rings is 1. The van der Waals surface area contributed by atoms with Crippen LogP contribution in [0.25, 0.3) is 0 Å². The molecular weight excluding hydrogens is 207 g/mol. The first-order valence-electron chi connectivity index (χ1n) is 4.16. The average Bonchev–Trinajstić information content (AvgIpc) is 2.16. The zero-order valence-electron chi connectivity index (χ0n) is 7.93. The van der Waals surface area contributed by atoms with Crippen LogP contribution >= 0.6 is 11.6 Å². The minimum Gasteiger partial charge on any atom is -0.493 e. The lowest BCUT2D eigenvalue weighted by molar-refractivity contribution is 0.108. The van der Waals surface area contributed by atoms with Crippen molar-refractivity contribution in [3.63, 3.8) is 0 Å². The zero-order valence-corrected chi connectivity index (χ0v) is 8.69. The molecule has 0 aromatic heterocycles. The topological polar surface area (TPSA) is 26.3 Å². The molecule has 0 heterocycles. The zero-order chi connectivity index (χ0) is 10.7. The summed E-state index contributed by atoms with van der Waals surface area (Å²) >= 11 is 5.25. The first-order chi connectivity index (χ1) is 6.60. The third-order valence-electron chi connectivity index (χ3n) is 1.93. The van der Waals surface area contributed by atoms with Crippen LogP contribution in [0, 0.1) is 5.82 Å². The fourth-order valence-electron chi connectivity index (χ4n) is 1.26. The quantitative estimate of drug-likeness (QED) is 0.727. The fourth-order valence-corrected chi connectivity index (χ4v) is 1.36. The highest BCUT2D eigenvalue weighted by atomic mass is 35.5. The maximum absolute atomic E-state index is 13.3. The average molecular weight is 217 g/mol. The SMILES string of the molecule is CCc1cc(C(=O)Cl)cc(F)c1OC. The highest BCUT2D eigenvalue weighted by molar-refractivity contribution is 6.67. The Balaban J connectivity index is 3.31. The lowest BCUT2D eigenvalue weighted by atomic mass is 10.1. The van der Waals surface area contributed by atoms with E-state index < -0.39 is 11.1 Å². The molecule has 1 aromatic rings. The summed E-state index contributed by atoms with van der Waals surface area (Å²) in [6, 6.07) is 2.62. The molecule has 4 heteroatoms. The number of ether oxygens (including phenoxy) is 1. The van der Waals surface area contributed by atoms with Crippen LogP contribution in [0.5, 0.6) is 5.75 Å². The molecule has 0 spiro atoms. The van der Waals surface area contributed by atoms with E-state index in [4.69, 9.17) is 16.3 Å². The Labute approximate surface area is 86.6 Å². The second-order valence-electron chi connectivity index (χ2n) is 2.78. The van der Waals surface area contributed by atoms with Gasteiger partial charge in [-0.15, -0.1) is 0 Å². The van der Waals surface area contributed by atoms with E-state index in [1.54, 1.807) is 0 Å². The van der Waals surface area contributed by atoms with Gasteiger partial charge in [0.05, 0.1) is 7.11 Å². The van der Waals surface area contributed by atoms with Gasteiger partial charge in [0, 0.05) is 5.56 Å². The lowest BCUT2D eigenvalue weighted by Gasteiger charge is -2.08. The molecule has 0 aliphatic heterocycles. The third kappa shape index (κ3) is 2.04. The summed E-state index contributed by atoms with van der Waals surface area (Å²) in [4.78, 5) is 10.8. The number of methoxy groups -OCH3 is 1. The normalized spacial score (nSPS) is 10.0. The van der Waals surface area contributed by atoms with Crippen molar-refractivity contribution < 1.29 is 13.9 Å². The number of carbonyl (C=O) groups excluding carboxylic acids is 1. The molecule has 0 bridgehead atoms. The van der Waals surface area contributed by atoms with Crippen LogP contribution in [0.3, 0.4) is 0 Å². The van der Waals surface area contributed by atoms with Crippen LogP contribution in [-0.2, 0) is 6.42 Å². The fraction of sp³-hybridized carbons (Fsp3) is 0.300. The van der Waals surface area contributed by atoms with Crippen molar-refractivity contribution in [3.05, 3.63) is 29.1 Å². The molecule has 14 heavy (non-hydrogen) atoms. The molecule has 1 aromatic carbocycles. The Morgan fingerprint density at radius 3 is 2.64 bits per heavy atom. The van der Waals surface area contributed by atoms with Crippen LogP contribution in [0.2, 0.25) is 0 Å². The maximum atomic E-state index is 13.3. The Kier molecular flexibility index (Phi) is 3.47. The summed E-state index contributed by atoms with van der Waals surface area (Å²) in [7, 11) is 1.39. The molecule has 0 saturated heterocycles. The van der Waals surface area contributed by atoms with Crippen molar-refractivity contribution >= 4 is 16.8 Å². The summed E-state index contributed by atoms with van der Waals surface area (Å²) in [5, 5.41) is -0.666. The largest absolute Gasteiger partial charge is 0.493 e. The van der Waals surface area contributed by atoms with E-state index in [9.17, 15) is 9.18 Å². The van der Waals surface area contributed by atoms with Crippen molar-refractivity contribution in [1.29, 1.82) is 0 Å². The Morgan fingerprint density at radius 1 is 1.57 bits per heavy atom. The van der Waals surface area contributed by atoms with Crippen LogP contribution in [0.15, 0.2) is 12.1 Å². The minimum absolute atomic E-state index is 0.154. The van der Waals surface area contributed by atoms with Gasteiger partial charge >= 0.3 is 0 Å². The number of carbonyl (C=O) groups is 1. The summed E-state index contributed by atoms with van der Waals surface area (Å²) in [5.41, 5.74) is 0.790. The Hall–Kier alpha value is -1.09. The van der Waals surface area contributed by atoms with Crippen LogP contribution in [0.1, 0.15) is 22.8 Å². The van der Waals surface area contributed by atoms with Crippen LogP contribution in [0.4, 0.5) is 4.39 Å². The summed E-state index contributed by atoms with van der Waals surface area (Å²) < 4.78 is 18.2. The molecule has 0 N–H and O–H groups in total. The lowest BCUT2D eigenvalue weighted by Crippen LogP contribution is -1.99. The van der Waals surface area contributed by atoms with Gasteiger partial charge in [-0.3, -0.25) is 4.79 Å². The molecule has 76 valence electrons. The molecule has 0 fully saturated rings. The van der Waals surface area contributed by atoms with E-state index in [1.807, 2.05) is 6.92 Å². The van der Waals surface area contributed by atoms with E-state index in [0.29, 0.717) is 12.0 Å². The molecule has 0 aliphatic carbocycles. The first kappa shape index (κ1) is 11.0. The molecule has 0 aliphatic rings. The van der Waals surface area contributed by atoms with E-state index in [0.717, 1.165) is 6.07 Å². The Bertz CT molecular complexity index is 363. The van der Waals surface area contributed by atoms with E-state index in [2.05, 4.69) is 0 Å². The highest BCUT2D eigenvalue weighted by Gasteiger charge is 2.12. The van der Waals surface area contributed by atoms with E-state index in [-0.39, 0.29) is 11.3 Å². The summed E-state index contributed by atoms with van der Waals surface area (Å²) in [6.45, 7) is 1.85. The molecule has 0 unspecified atom stereocenters. The van der Waals surface area contributed by atoms with Gasteiger partial charge in [0.25, 0.3) is 5.24 Å². The molecule has 0 radical (unpaired) electrons. The smallest absolute Gasteiger partial charge is 0.252 e. The molecular formula is C10H10ClFO2. The second-order valence-corrected chi connectivity index (χ2v) is 3.12. The first-order valence-corrected chi connectivity index (χ1v) is 4.54. The van der Waals surface area contributed by atoms with Gasteiger partial charge in [-0.25, -0.2) is 4.39 Å². The number of aryl methyl sites for hydroxylation is 1. The van der Waals surface area contributed by atoms with Gasteiger partial charge in [0.1, 0.15) is 0 Å². The summed E-state index contributed by atoms with van der Waals surface area (Å²) in [6.07, 6.45) is 0.581. The standard InChI is InChI=1S/C10H10ClFO2/c1-3-6-4-7(10(11)13)5-8(12)9(6)14-2/h4-5H,3H2,1-2H3. The molecule has 0 saturated carbocycles. The van der Waals surface area contributed by atoms with Crippen molar-refractivity contribution in [1.82, 2.24) is 0 Å². The van der Waals surface area contributed by atoms with Gasteiger partial charge in [-0.1, -0.05) is 6.92 Å². The van der Waals surface area contributed by atoms with E-state index >= 15 is 0 Å². The molecule has 0 amide bonds. The van der Waals surface area contributed by atoms with E-state index in [1.165, 1.54) is 13.2 Å². The number of hydrogen-bond acceptors (Lipinski definition) is 2. The maximum Gasteiger partial charge on any atom is 0.252 e. The molecule has 2 nitrogen and oxygen atoms in total. The van der Waals surface area contributed by atoms with Gasteiger partial charge in [-0.05, 0) is 35.7 Å². The predicted molar refractivity (Wildman–Crippen MR) is 52.5 cm³/mol. The van der Waals surface area contributed by atoms with Crippen molar-refractivity contribution in [2.45, 2.75) is 13.3 Å². The third-order valence-corrected chi connectivity index (χ3v) is 2.15. The van der Waals surface area contributed by atoms with Crippen LogP contribution < -0.4 is 4.74 Å². The predicted octanol–water partition coefficient (Wildman–Crippen LogP) is 2.78. The number of halogens is 2. The number of rotatable bonds is 3. The second kappa shape index (κ2) is 4.42. The monoisotopic (exact) mass is 216 g/mol. The van der Waals surface area contributed by atoms with Crippen molar-refractivity contribution in [2.24, 2.45) is 0 Å². The number of hydrogen-bond donors (Lipinski definition) is 0. The van der Waals surface area contributed by atoms with Crippen LogP contribution in [-0.4, -0.2) is 12.4 Å². The Morgan fingerprint density at radius 2 is 2.21 bits per heavy atom. The van der Waals surface area contributed by atoms with Gasteiger partial charge in [0.2, 0.25) is 0 Å². The minimum atomic E-state index is -0.666. The van der Waals surface area contributed by atoms with Gasteiger partial charge in [-0.2, -0.15) is 0 Å². The highest BCUT2D eigenvalue weighted by Crippen LogP contribution is 2.25. The molecule has 1 rings (SSSR count). The van der Waals surface area contributed by atoms with Crippen molar-refractivity contribution in [3.8, 4) is 5.75 Å². The van der Waals surface area contributed by atoms with Gasteiger partial charge < -0.3 is 4.74 Å². The van der Waals surface area contributed by atoms with Crippen molar-refractivity contribution in [2.75, 3.05) is 7.11 Å². The molecule has 0 atom stereocenters. The van der Waals surface area contributed by atoms with Gasteiger partial charge in [0.15, 0.2) is 11.6 Å². The summed E-state index contributed by atoms with van der Waals surface area (Å²) in [5.74, 6) is -0.384.